The van der Waals surface area contributed by atoms with Crippen LogP contribution in [0.2, 0.25) is 0 Å². The highest BCUT2D eigenvalue weighted by Crippen LogP contribution is 2.31. The summed E-state index contributed by atoms with van der Waals surface area (Å²) in [4.78, 5) is 0. The summed E-state index contributed by atoms with van der Waals surface area (Å²) in [6, 6.07) is 8.60. The number of nitrogens with one attached hydrogen (secondary N) is 1. The van der Waals surface area contributed by atoms with Crippen LogP contribution in [0.5, 0.6) is 5.75 Å². The molecule has 0 aliphatic carbocycles. The van der Waals surface area contributed by atoms with Gasteiger partial charge in [0.1, 0.15) is 5.75 Å². The minimum Gasteiger partial charge on any atom is -0.493 e. The van der Waals surface area contributed by atoms with Crippen molar-refractivity contribution in [2.45, 2.75) is 12.5 Å². The molecule has 1 heterocycles. The number of allylic oxidation sites excluding steroid dienone is 1. The summed E-state index contributed by atoms with van der Waals surface area (Å²) in [6.45, 7) is 1.64. The summed E-state index contributed by atoms with van der Waals surface area (Å²) in [5, 5.41) is 3.49. The van der Waals surface area contributed by atoms with Gasteiger partial charge in [0.25, 0.3) is 0 Å². The Morgan fingerprint density at radius 2 is 2.25 bits per heavy atom. The van der Waals surface area contributed by atoms with Crippen molar-refractivity contribution in [2.24, 2.45) is 0 Å². The van der Waals surface area contributed by atoms with E-state index in [0.717, 1.165) is 25.3 Å². The normalized spacial score (nSPS) is 19.4. The Bertz CT molecular complexity index is 365. The Kier molecular flexibility index (Phi) is 4.25. The molecular weight excluding hydrogens is 222 g/mol. The average Bonchev–Trinajstić information content (AvgIpc) is 2.35. The predicted molar refractivity (Wildman–Crippen MR) is 67.2 cm³/mol. The fraction of sp³-hybridized carbons (Fsp3) is 0.385. The zero-order chi connectivity index (χ0) is 11.2. The summed E-state index contributed by atoms with van der Waals surface area (Å²) >= 11 is 5.57. The lowest BCUT2D eigenvalue weighted by Gasteiger charge is -2.26. The first-order valence-corrected chi connectivity index (χ1v) is 6.11. The molecule has 0 saturated carbocycles. The molecule has 0 amide bonds. The summed E-state index contributed by atoms with van der Waals surface area (Å²) < 4.78 is 5.60. The number of halogens is 1. The van der Waals surface area contributed by atoms with Crippen LogP contribution in [0.15, 0.2) is 36.4 Å². The molecule has 0 aromatic heterocycles. The van der Waals surface area contributed by atoms with Crippen molar-refractivity contribution in [1.82, 2.24) is 5.32 Å². The second-order valence-corrected chi connectivity index (χ2v) is 4.07. The van der Waals surface area contributed by atoms with E-state index in [-0.39, 0.29) is 0 Å². The minimum absolute atomic E-state index is 0.393. The van der Waals surface area contributed by atoms with Gasteiger partial charge in [-0.1, -0.05) is 30.4 Å². The summed E-state index contributed by atoms with van der Waals surface area (Å²) in [7, 11) is 0. The Morgan fingerprint density at radius 1 is 1.38 bits per heavy atom. The average molecular weight is 238 g/mol. The van der Waals surface area contributed by atoms with Crippen molar-refractivity contribution in [1.29, 1.82) is 0 Å². The van der Waals surface area contributed by atoms with Crippen LogP contribution in [0.25, 0.3) is 0 Å². The highest BCUT2D eigenvalue weighted by molar-refractivity contribution is 6.18. The van der Waals surface area contributed by atoms with Gasteiger partial charge in [-0.05, 0) is 6.07 Å². The maximum absolute atomic E-state index is 5.60. The lowest BCUT2D eigenvalue weighted by Crippen LogP contribution is -2.27. The first-order valence-electron chi connectivity index (χ1n) is 5.58. The molecule has 3 heteroatoms. The van der Waals surface area contributed by atoms with E-state index in [1.54, 1.807) is 0 Å². The van der Waals surface area contributed by atoms with Gasteiger partial charge in [-0.15, -0.1) is 11.6 Å². The Balaban J connectivity index is 1.99. The zero-order valence-corrected chi connectivity index (χ0v) is 9.91. The standard InChI is InChI=1S/C13H16ClNO/c14-8-3-4-9-15-12-7-10-16-13-6-2-1-5-11(12)13/h1-6,12,15H,7-10H2/b4-3+. The SMILES string of the molecule is ClC/C=C/CNC1CCOc2ccccc21. The third-order valence-corrected chi connectivity index (χ3v) is 2.87. The Labute approximate surface area is 101 Å². The van der Waals surface area contributed by atoms with Gasteiger partial charge in [0.2, 0.25) is 0 Å². The number of hydrogen-bond acceptors (Lipinski definition) is 2. The van der Waals surface area contributed by atoms with Crippen LogP contribution < -0.4 is 10.1 Å². The van der Waals surface area contributed by atoms with E-state index in [2.05, 4.69) is 23.5 Å². The van der Waals surface area contributed by atoms with Crippen LogP contribution in [0, 0.1) is 0 Å². The van der Waals surface area contributed by atoms with E-state index in [1.165, 1.54) is 5.56 Å². The minimum atomic E-state index is 0.393. The monoisotopic (exact) mass is 237 g/mol. The number of hydrogen-bond donors (Lipinski definition) is 1. The number of fused-ring (bicyclic) bond motifs is 1. The molecule has 1 aromatic carbocycles. The molecule has 1 aliphatic heterocycles. The molecule has 0 bridgehead atoms. The smallest absolute Gasteiger partial charge is 0.124 e. The second kappa shape index (κ2) is 5.92. The van der Waals surface area contributed by atoms with Gasteiger partial charge < -0.3 is 10.1 Å². The maximum Gasteiger partial charge on any atom is 0.124 e. The summed E-state index contributed by atoms with van der Waals surface area (Å²) in [6.07, 6.45) is 5.04. The molecular formula is C13H16ClNO. The highest BCUT2D eigenvalue weighted by Gasteiger charge is 2.19. The molecule has 2 nitrogen and oxygen atoms in total. The van der Waals surface area contributed by atoms with E-state index < -0.39 is 0 Å². The van der Waals surface area contributed by atoms with E-state index in [0.29, 0.717) is 11.9 Å². The fourth-order valence-corrected chi connectivity index (χ4v) is 2.04. The van der Waals surface area contributed by atoms with E-state index in [9.17, 15) is 0 Å². The molecule has 86 valence electrons. The lowest BCUT2D eigenvalue weighted by molar-refractivity contribution is 0.255. The van der Waals surface area contributed by atoms with E-state index in [1.807, 2.05) is 18.2 Å². The lowest BCUT2D eigenvalue weighted by atomic mass is 10.0. The van der Waals surface area contributed by atoms with Crippen molar-refractivity contribution >= 4 is 11.6 Å². The van der Waals surface area contributed by atoms with Gasteiger partial charge in [-0.25, -0.2) is 0 Å². The number of benzene rings is 1. The summed E-state index contributed by atoms with van der Waals surface area (Å²) in [5.74, 6) is 1.58. The molecule has 16 heavy (non-hydrogen) atoms. The molecule has 1 aromatic rings. The van der Waals surface area contributed by atoms with Crippen LogP contribution in [0.3, 0.4) is 0 Å². The van der Waals surface area contributed by atoms with E-state index >= 15 is 0 Å². The molecule has 0 saturated heterocycles. The fourth-order valence-electron chi connectivity index (χ4n) is 1.91. The van der Waals surface area contributed by atoms with Crippen molar-refractivity contribution in [3.63, 3.8) is 0 Å². The van der Waals surface area contributed by atoms with Gasteiger partial charge in [-0.3, -0.25) is 0 Å². The first-order chi connectivity index (χ1) is 7.92. The number of alkyl halides is 1. The van der Waals surface area contributed by atoms with Crippen LogP contribution in [0.1, 0.15) is 18.0 Å². The molecule has 0 fully saturated rings. The maximum atomic E-state index is 5.60. The highest BCUT2D eigenvalue weighted by atomic mass is 35.5. The molecule has 0 radical (unpaired) electrons. The summed E-state index contributed by atoms with van der Waals surface area (Å²) in [5.41, 5.74) is 1.26. The number of ether oxygens (including phenoxy) is 1. The Hall–Kier alpha value is -0.990. The van der Waals surface area contributed by atoms with Gasteiger partial charge in [-0.2, -0.15) is 0 Å². The van der Waals surface area contributed by atoms with Crippen molar-refractivity contribution in [3.8, 4) is 5.75 Å². The van der Waals surface area contributed by atoms with Gasteiger partial charge >= 0.3 is 0 Å². The van der Waals surface area contributed by atoms with Crippen LogP contribution in [-0.2, 0) is 0 Å². The molecule has 2 rings (SSSR count). The van der Waals surface area contributed by atoms with Crippen LogP contribution >= 0.6 is 11.6 Å². The van der Waals surface area contributed by atoms with Crippen molar-refractivity contribution in [2.75, 3.05) is 19.0 Å². The van der Waals surface area contributed by atoms with Crippen molar-refractivity contribution in [3.05, 3.63) is 42.0 Å². The quantitative estimate of drug-likeness (QED) is 0.642. The number of rotatable bonds is 4. The molecule has 0 spiro atoms. The van der Waals surface area contributed by atoms with Crippen LogP contribution in [0.4, 0.5) is 0 Å². The largest absolute Gasteiger partial charge is 0.493 e. The topological polar surface area (TPSA) is 21.3 Å². The molecule has 1 atom stereocenters. The van der Waals surface area contributed by atoms with E-state index in [4.69, 9.17) is 16.3 Å². The van der Waals surface area contributed by atoms with Crippen LogP contribution in [-0.4, -0.2) is 19.0 Å². The molecule has 1 aliphatic rings. The third kappa shape index (κ3) is 2.77. The molecule has 1 unspecified atom stereocenters. The van der Waals surface area contributed by atoms with Gasteiger partial charge in [0.15, 0.2) is 0 Å². The Morgan fingerprint density at radius 3 is 3.12 bits per heavy atom. The number of para-hydroxylation sites is 1. The first kappa shape index (κ1) is 11.5. The zero-order valence-electron chi connectivity index (χ0n) is 9.16. The van der Waals surface area contributed by atoms with Gasteiger partial charge in [0, 0.05) is 30.5 Å². The molecule has 1 N–H and O–H groups in total. The predicted octanol–water partition coefficient (Wildman–Crippen LogP) is 2.89. The van der Waals surface area contributed by atoms with Gasteiger partial charge in [0.05, 0.1) is 6.61 Å². The third-order valence-electron chi connectivity index (χ3n) is 2.70. The second-order valence-electron chi connectivity index (χ2n) is 3.76. The van der Waals surface area contributed by atoms with Crippen molar-refractivity contribution < 1.29 is 4.74 Å².